The Morgan fingerprint density at radius 3 is 2.22 bits per heavy atom. The van der Waals surface area contributed by atoms with Gasteiger partial charge in [0.15, 0.2) is 0 Å². The molecule has 0 aliphatic rings. The van der Waals surface area contributed by atoms with Gasteiger partial charge in [-0.1, -0.05) is 57.6 Å². The summed E-state index contributed by atoms with van der Waals surface area (Å²) in [5.41, 5.74) is 1.94. The number of hydrogen-bond donors (Lipinski definition) is 2. The highest BCUT2D eigenvalue weighted by Gasteiger charge is 2.07. The van der Waals surface area contributed by atoms with Crippen LogP contribution in [0.3, 0.4) is 0 Å². The lowest BCUT2D eigenvalue weighted by atomic mass is 10.0. The van der Waals surface area contributed by atoms with Crippen LogP contribution in [0.5, 0.6) is 5.75 Å². The molecule has 0 atom stereocenters. The molecule has 2 N–H and O–H groups in total. The van der Waals surface area contributed by atoms with Crippen LogP contribution in [0.1, 0.15) is 69.4 Å². The predicted octanol–water partition coefficient (Wildman–Crippen LogP) is 4.51. The maximum atomic E-state index is 10.7. The molecule has 0 aliphatic heterocycles. The predicted molar refractivity (Wildman–Crippen MR) is 94.5 cm³/mol. The molecule has 0 saturated heterocycles. The number of aromatic hydroxyl groups is 1. The molecule has 132 valence electrons. The van der Waals surface area contributed by atoms with Crippen molar-refractivity contribution in [2.45, 2.75) is 71.1 Å². The molecule has 0 radical (unpaired) electrons. The molecule has 23 heavy (non-hydrogen) atoms. The van der Waals surface area contributed by atoms with E-state index in [2.05, 4.69) is 6.92 Å². The number of phenolic OH excluding ortho intramolecular Hbond substituents is 1. The van der Waals surface area contributed by atoms with E-state index in [4.69, 9.17) is 4.55 Å². The first-order chi connectivity index (χ1) is 10.9. The summed E-state index contributed by atoms with van der Waals surface area (Å²) in [5, 5.41) is 9.84. The lowest BCUT2D eigenvalue weighted by Crippen LogP contribution is -2.05. The van der Waals surface area contributed by atoms with Gasteiger partial charge in [-0.2, -0.15) is 8.42 Å². The average Bonchev–Trinajstić information content (AvgIpc) is 2.48. The van der Waals surface area contributed by atoms with Gasteiger partial charge in [-0.15, -0.1) is 0 Å². The van der Waals surface area contributed by atoms with E-state index in [0.717, 1.165) is 18.4 Å². The summed E-state index contributed by atoms with van der Waals surface area (Å²) < 4.78 is 30.2. The van der Waals surface area contributed by atoms with E-state index in [1.165, 1.54) is 44.1 Å². The molecule has 0 heterocycles. The minimum atomic E-state index is -3.93. The summed E-state index contributed by atoms with van der Waals surface area (Å²) in [4.78, 5) is 0. The van der Waals surface area contributed by atoms with E-state index in [1.54, 1.807) is 6.07 Å². The number of benzene rings is 1. The first-order valence-corrected chi connectivity index (χ1v) is 10.3. The average molecular weight is 343 g/mol. The molecule has 0 aromatic heterocycles. The van der Waals surface area contributed by atoms with E-state index in [9.17, 15) is 13.5 Å². The van der Waals surface area contributed by atoms with Crippen LogP contribution < -0.4 is 0 Å². The van der Waals surface area contributed by atoms with Crippen LogP contribution in [0.25, 0.3) is 0 Å². The van der Waals surface area contributed by atoms with E-state index in [1.807, 2.05) is 12.1 Å². The molecule has 1 rings (SSSR count). The molecule has 0 amide bonds. The van der Waals surface area contributed by atoms with E-state index >= 15 is 0 Å². The zero-order chi connectivity index (χ0) is 17.1. The van der Waals surface area contributed by atoms with Crippen molar-refractivity contribution in [1.29, 1.82) is 0 Å². The van der Waals surface area contributed by atoms with Crippen molar-refractivity contribution in [2.24, 2.45) is 0 Å². The molecular formula is C18H30O4S. The van der Waals surface area contributed by atoms with Crippen molar-refractivity contribution in [3.63, 3.8) is 0 Å². The van der Waals surface area contributed by atoms with Crippen LogP contribution in [-0.2, 0) is 23.0 Å². The van der Waals surface area contributed by atoms with Crippen LogP contribution in [0.15, 0.2) is 18.2 Å². The second-order valence-corrected chi connectivity index (χ2v) is 7.80. The number of aryl methyl sites for hydroxylation is 2. The van der Waals surface area contributed by atoms with Crippen LogP contribution in [0.2, 0.25) is 0 Å². The van der Waals surface area contributed by atoms with Gasteiger partial charge in [0.1, 0.15) is 5.75 Å². The van der Waals surface area contributed by atoms with Gasteiger partial charge in [0.25, 0.3) is 10.1 Å². The fraction of sp³-hybridized carbons (Fsp3) is 0.667. The maximum Gasteiger partial charge on any atom is 0.264 e. The summed E-state index contributed by atoms with van der Waals surface area (Å²) in [7, 11) is -3.93. The molecule has 4 nitrogen and oxygen atoms in total. The Balaban J connectivity index is 2.35. The summed E-state index contributed by atoms with van der Waals surface area (Å²) in [6.07, 6.45) is 10.6. The third-order valence-corrected chi connectivity index (χ3v) is 4.87. The Morgan fingerprint density at radius 2 is 1.57 bits per heavy atom. The van der Waals surface area contributed by atoms with Crippen LogP contribution in [0.4, 0.5) is 0 Å². The molecule has 0 fully saturated rings. The van der Waals surface area contributed by atoms with E-state index in [0.29, 0.717) is 12.8 Å². The monoisotopic (exact) mass is 342 g/mol. The van der Waals surface area contributed by atoms with Crippen molar-refractivity contribution in [1.82, 2.24) is 0 Å². The summed E-state index contributed by atoms with van der Waals surface area (Å²) in [5.74, 6) is -0.0716. The maximum absolute atomic E-state index is 10.7. The molecule has 0 spiro atoms. The highest BCUT2D eigenvalue weighted by atomic mass is 32.2. The minimum Gasteiger partial charge on any atom is -0.508 e. The summed E-state index contributed by atoms with van der Waals surface area (Å²) >= 11 is 0. The molecule has 0 saturated carbocycles. The molecule has 0 unspecified atom stereocenters. The second kappa shape index (κ2) is 10.7. The Labute approximate surface area is 140 Å². The normalized spacial score (nSPS) is 11.7. The SMILES string of the molecule is CCCCCCCCCc1ccc(O)c(CCCS(=O)(=O)O)c1. The number of phenols is 1. The van der Waals surface area contributed by atoms with Gasteiger partial charge in [-0.05, 0) is 42.9 Å². The van der Waals surface area contributed by atoms with E-state index < -0.39 is 10.1 Å². The first kappa shape index (κ1) is 20.0. The highest BCUT2D eigenvalue weighted by Crippen LogP contribution is 2.21. The highest BCUT2D eigenvalue weighted by molar-refractivity contribution is 7.85. The zero-order valence-corrected chi connectivity index (χ0v) is 14.9. The summed E-state index contributed by atoms with van der Waals surface area (Å²) in [6, 6.07) is 5.56. The van der Waals surface area contributed by atoms with Gasteiger partial charge in [-0.3, -0.25) is 4.55 Å². The van der Waals surface area contributed by atoms with Gasteiger partial charge in [-0.25, -0.2) is 0 Å². The molecule has 1 aromatic rings. The fourth-order valence-corrected chi connectivity index (χ4v) is 3.23. The number of unbranched alkanes of at least 4 members (excludes halogenated alkanes) is 6. The molecule has 1 aromatic carbocycles. The molecule has 0 aliphatic carbocycles. The number of hydrogen-bond acceptors (Lipinski definition) is 3. The van der Waals surface area contributed by atoms with Gasteiger partial charge in [0.2, 0.25) is 0 Å². The van der Waals surface area contributed by atoms with Crippen molar-refractivity contribution < 1.29 is 18.1 Å². The minimum absolute atomic E-state index is 0.198. The second-order valence-electron chi connectivity index (χ2n) is 6.22. The lowest BCUT2D eigenvalue weighted by Gasteiger charge is -2.08. The Bertz CT molecular complexity index is 552. The molecule has 0 bridgehead atoms. The van der Waals surface area contributed by atoms with Crippen LogP contribution in [-0.4, -0.2) is 23.8 Å². The Morgan fingerprint density at radius 1 is 0.913 bits per heavy atom. The quantitative estimate of drug-likeness (QED) is 0.433. The standard InChI is InChI=1S/C18H30O4S/c1-2-3-4-5-6-7-8-10-16-12-13-18(19)17(15-16)11-9-14-23(20,21)22/h12-13,15,19H,2-11,14H2,1H3,(H,20,21,22). The van der Waals surface area contributed by atoms with Crippen molar-refractivity contribution in [3.8, 4) is 5.75 Å². The largest absolute Gasteiger partial charge is 0.508 e. The van der Waals surface area contributed by atoms with Crippen molar-refractivity contribution in [3.05, 3.63) is 29.3 Å². The van der Waals surface area contributed by atoms with Gasteiger partial charge >= 0.3 is 0 Å². The van der Waals surface area contributed by atoms with Gasteiger partial charge in [0.05, 0.1) is 5.75 Å². The third-order valence-electron chi connectivity index (χ3n) is 4.06. The van der Waals surface area contributed by atoms with Crippen LogP contribution >= 0.6 is 0 Å². The lowest BCUT2D eigenvalue weighted by molar-refractivity contribution is 0.464. The number of rotatable bonds is 12. The molecule has 5 heteroatoms. The van der Waals surface area contributed by atoms with Gasteiger partial charge in [0, 0.05) is 0 Å². The zero-order valence-electron chi connectivity index (χ0n) is 14.1. The van der Waals surface area contributed by atoms with Crippen molar-refractivity contribution >= 4 is 10.1 Å². The van der Waals surface area contributed by atoms with Gasteiger partial charge < -0.3 is 5.11 Å². The summed E-state index contributed by atoms with van der Waals surface area (Å²) in [6.45, 7) is 2.22. The first-order valence-electron chi connectivity index (χ1n) is 8.68. The molecular weight excluding hydrogens is 312 g/mol. The van der Waals surface area contributed by atoms with E-state index in [-0.39, 0.29) is 11.5 Å². The van der Waals surface area contributed by atoms with Crippen LogP contribution in [0, 0.1) is 0 Å². The fourth-order valence-electron chi connectivity index (χ4n) is 2.73. The third kappa shape index (κ3) is 9.61. The Kier molecular flexibility index (Phi) is 9.26. The Hall–Kier alpha value is -1.07. The van der Waals surface area contributed by atoms with Crippen molar-refractivity contribution in [2.75, 3.05) is 5.75 Å². The topological polar surface area (TPSA) is 74.6 Å². The smallest absolute Gasteiger partial charge is 0.264 e.